The molecule has 1 amide bonds. The van der Waals surface area contributed by atoms with Crippen molar-refractivity contribution in [3.63, 3.8) is 0 Å². The molecule has 7 heteroatoms. The Morgan fingerprint density at radius 1 is 1.31 bits per heavy atom. The van der Waals surface area contributed by atoms with E-state index in [2.05, 4.69) is 0 Å². The molecule has 1 aromatic carbocycles. The van der Waals surface area contributed by atoms with Crippen LogP contribution < -0.4 is 5.32 Å². The van der Waals surface area contributed by atoms with Crippen LogP contribution in [0.3, 0.4) is 0 Å². The van der Waals surface area contributed by atoms with E-state index in [1.165, 1.54) is 12.1 Å². The Hall–Kier alpha value is -2.44. The maximum atomic E-state index is 11.4. The standard InChI is InChI=1S/C9H8N2O5/c12-8(6-4-2-1-3-5-6)10-7(9(13)14)11(15)16/h1-5,7H,(H,10,12)(H,13,14). The molecule has 0 aliphatic rings. The Kier molecular flexibility index (Phi) is 3.54. The van der Waals surface area contributed by atoms with Crippen LogP contribution in [0.5, 0.6) is 0 Å². The Morgan fingerprint density at radius 3 is 2.31 bits per heavy atom. The molecule has 0 aliphatic carbocycles. The monoisotopic (exact) mass is 224 g/mol. The fourth-order valence-corrected chi connectivity index (χ4v) is 1.00. The third-order valence-electron chi connectivity index (χ3n) is 1.75. The lowest BCUT2D eigenvalue weighted by molar-refractivity contribution is -0.514. The van der Waals surface area contributed by atoms with Crippen LogP contribution in [0.15, 0.2) is 30.3 Å². The minimum Gasteiger partial charge on any atom is -0.475 e. The first kappa shape index (κ1) is 11.6. The molecule has 2 N–H and O–H groups in total. The van der Waals surface area contributed by atoms with Crippen molar-refractivity contribution in [2.75, 3.05) is 0 Å². The molecule has 0 aromatic heterocycles. The second-order valence-corrected chi connectivity index (χ2v) is 2.87. The van der Waals surface area contributed by atoms with Gasteiger partial charge in [0.15, 0.2) is 0 Å². The molecular formula is C9H8N2O5. The van der Waals surface area contributed by atoms with Gasteiger partial charge in [0.1, 0.15) is 0 Å². The van der Waals surface area contributed by atoms with Crippen LogP contribution in [-0.4, -0.2) is 28.1 Å². The third kappa shape index (κ3) is 2.77. The molecule has 84 valence electrons. The zero-order chi connectivity index (χ0) is 12.1. The Labute approximate surface area is 89.8 Å². The molecule has 0 bridgehead atoms. The van der Waals surface area contributed by atoms with Gasteiger partial charge in [0, 0.05) is 5.56 Å². The van der Waals surface area contributed by atoms with Gasteiger partial charge in [0.2, 0.25) is 0 Å². The van der Waals surface area contributed by atoms with E-state index in [1.807, 2.05) is 0 Å². The topological polar surface area (TPSA) is 110 Å². The summed E-state index contributed by atoms with van der Waals surface area (Å²) in [5, 5.41) is 20.6. The number of carboxylic acid groups (broad SMARTS) is 1. The van der Waals surface area contributed by atoms with Gasteiger partial charge in [-0.3, -0.25) is 20.2 Å². The van der Waals surface area contributed by atoms with E-state index < -0.39 is 23.0 Å². The van der Waals surface area contributed by atoms with Crippen LogP contribution in [0.25, 0.3) is 0 Å². The van der Waals surface area contributed by atoms with Gasteiger partial charge in [-0.15, -0.1) is 0 Å². The lowest BCUT2D eigenvalue weighted by atomic mass is 10.2. The Balaban J connectivity index is 2.77. The molecule has 0 spiro atoms. The van der Waals surface area contributed by atoms with Crippen molar-refractivity contribution in [3.05, 3.63) is 46.0 Å². The van der Waals surface area contributed by atoms with Crippen molar-refractivity contribution in [1.29, 1.82) is 0 Å². The zero-order valence-electron chi connectivity index (χ0n) is 7.99. The second-order valence-electron chi connectivity index (χ2n) is 2.87. The predicted octanol–water partition coefficient (Wildman–Crippen LogP) is 0.104. The van der Waals surface area contributed by atoms with Crippen molar-refractivity contribution in [2.24, 2.45) is 0 Å². The number of nitro groups is 1. The fraction of sp³-hybridized carbons (Fsp3) is 0.111. The predicted molar refractivity (Wildman–Crippen MR) is 52.3 cm³/mol. The lowest BCUT2D eigenvalue weighted by Gasteiger charge is -2.06. The summed E-state index contributed by atoms with van der Waals surface area (Å²) in [4.78, 5) is 31.1. The highest BCUT2D eigenvalue weighted by molar-refractivity contribution is 5.96. The van der Waals surface area contributed by atoms with Crippen molar-refractivity contribution in [2.45, 2.75) is 6.17 Å². The Morgan fingerprint density at radius 2 is 1.88 bits per heavy atom. The SMILES string of the molecule is O=C(NC(C(=O)O)[N+](=O)[O-])c1ccccc1. The van der Waals surface area contributed by atoms with Crippen molar-refractivity contribution in [3.8, 4) is 0 Å². The van der Waals surface area contributed by atoms with E-state index in [0.717, 1.165) is 0 Å². The summed E-state index contributed by atoms with van der Waals surface area (Å²) in [6, 6.07) is 7.65. The molecule has 0 aliphatic heterocycles. The highest BCUT2D eigenvalue weighted by Crippen LogP contribution is 1.99. The summed E-state index contributed by atoms with van der Waals surface area (Å²) < 4.78 is 0. The molecule has 1 atom stereocenters. The normalized spacial score (nSPS) is 11.5. The van der Waals surface area contributed by atoms with Crippen LogP contribution in [0.2, 0.25) is 0 Å². The van der Waals surface area contributed by atoms with Crippen LogP contribution in [0.4, 0.5) is 0 Å². The van der Waals surface area contributed by atoms with E-state index in [9.17, 15) is 19.7 Å². The average Bonchev–Trinajstić information content (AvgIpc) is 2.25. The van der Waals surface area contributed by atoms with E-state index in [1.54, 1.807) is 23.5 Å². The first-order valence-corrected chi connectivity index (χ1v) is 4.24. The van der Waals surface area contributed by atoms with E-state index >= 15 is 0 Å². The maximum Gasteiger partial charge on any atom is 0.401 e. The molecular weight excluding hydrogens is 216 g/mol. The van der Waals surface area contributed by atoms with E-state index in [0.29, 0.717) is 0 Å². The van der Waals surface area contributed by atoms with Crippen LogP contribution >= 0.6 is 0 Å². The lowest BCUT2D eigenvalue weighted by Crippen LogP contribution is -2.46. The number of benzene rings is 1. The first-order chi connectivity index (χ1) is 7.52. The number of hydrogen-bond donors (Lipinski definition) is 2. The maximum absolute atomic E-state index is 11.4. The number of carboxylic acids is 1. The molecule has 7 nitrogen and oxygen atoms in total. The minimum absolute atomic E-state index is 0.163. The Bertz CT molecular complexity index is 403. The summed E-state index contributed by atoms with van der Waals surface area (Å²) >= 11 is 0. The molecule has 16 heavy (non-hydrogen) atoms. The fourth-order valence-electron chi connectivity index (χ4n) is 1.00. The molecule has 0 saturated heterocycles. The number of amides is 1. The van der Waals surface area contributed by atoms with Crippen LogP contribution in [0, 0.1) is 10.1 Å². The number of aliphatic carboxylic acids is 1. The summed E-state index contributed by atoms with van der Waals surface area (Å²) in [6.07, 6.45) is -2.13. The van der Waals surface area contributed by atoms with Gasteiger partial charge < -0.3 is 5.11 Å². The van der Waals surface area contributed by atoms with E-state index in [-0.39, 0.29) is 5.56 Å². The molecule has 0 fully saturated rings. The summed E-state index contributed by atoms with van der Waals surface area (Å²) in [5.41, 5.74) is 0.163. The summed E-state index contributed by atoms with van der Waals surface area (Å²) in [7, 11) is 0. The van der Waals surface area contributed by atoms with E-state index in [4.69, 9.17) is 5.11 Å². The van der Waals surface area contributed by atoms with Gasteiger partial charge in [-0.05, 0) is 12.1 Å². The van der Waals surface area contributed by atoms with Gasteiger partial charge in [0.25, 0.3) is 5.91 Å². The summed E-state index contributed by atoms with van der Waals surface area (Å²) in [5.74, 6) is -2.51. The molecule has 1 unspecified atom stereocenters. The van der Waals surface area contributed by atoms with Crippen molar-refractivity contribution < 1.29 is 19.6 Å². The number of hydrogen-bond acceptors (Lipinski definition) is 4. The van der Waals surface area contributed by atoms with Gasteiger partial charge in [0.05, 0.1) is 4.92 Å². The average molecular weight is 224 g/mol. The summed E-state index contributed by atoms with van der Waals surface area (Å²) in [6.45, 7) is 0. The van der Waals surface area contributed by atoms with Gasteiger partial charge in [-0.25, -0.2) is 4.79 Å². The molecule has 0 heterocycles. The van der Waals surface area contributed by atoms with Crippen LogP contribution in [0.1, 0.15) is 10.4 Å². The second kappa shape index (κ2) is 4.87. The van der Waals surface area contributed by atoms with Crippen molar-refractivity contribution in [1.82, 2.24) is 5.32 Å². The molecule has 0 saturated carbocycles. The smallest absolute Gasteiger partial charge is 0.401 e. The molecule has 0 radical (unpaired) electrons. The minimum atomic E-state index is -2.13. The quantitative estimate of drug-likeness (QED) is 0.428. The third-order valence-corrected chi connectivity index (χ3v) is 1.75. The van der Waals surface area contributed by atoms with Gasteiger partial charge in [-0.1, -0.05) is 18.2 Å². The van der Waals surface area contributed by atoms with Gasteiger partial charge >= 0.3 is 12.1 Å². The molecule has 1 rings (SSSR count). The highest BCUT2D eigenvalue weighted by Gasteiger charge is 2.31. The van der Waals surface area contributed by atoms with Crippen LogP contribution in [-0.2, 0) is 4.79 Å². The van der Waals surface area contributed by atoms with Crippen molar-refractivity contribution >= 4 is 11.9 Å². The first-order valence-electron chi connectivity index (χ1n) is 4.24. The number of nitrogens with one attached hydrogen (secondary N) is 1. The zero-order valence-corrected chi connectivity index (χ0v) is 7.99. The number of carbonyl (C=O) groups is 2. The largest absolute Gasteiger partial charge is 0.475 e. The number of carbonyl (C=O) groups excluding carboxylic acids is 1. The number of rotatable bonds is 4. The molecule has 1 aromatic rings. The van der Waals surface area contributed by atoms with Gasteiger partial charge in [-0.2, -0.15) is 0 Å². The highest BCUT2D eigenvalue weighted by atomic mass is 16.6. The number of nitrogens with zero attached hydrogens (tertiary/aromatic N) is 1.